The van der Waals surface area contributed by atoms with Crippen molar-refractivity contribution in [3.63, 3.8) is 0 Å². The third-order valence-electron chi connectivity index (χ3n) is 8.96. The van der Waals surface area contributed by atoms with Gasteiger partial charge >= 0.3 is 12.2 Å². The summed E-state index contributed by atoms with van der Waals surface area (Å²) in [5.41, 5.74) is 5.83. The molecule has 1 aliphatic heterocycles. The van der Waals surface area contributed by atoms with E-state index < -0.39 is 18.2 Å². The molecule has 1 aromatic heterocycles. The van der Waals surface area contributed by atoms with Gasteiger partial charge in [0.15, 0.2) is 0 Å². The van der Waals surface area contributed by atoms with Crippen LogP contribution in [0.3, 0.4) is 0 Å². The quantitative estimate of drug-likeness (QED) is 0.165. The number of hydrogen-bond acceptors (Lipinski definition) is 8. The molecule has 2 aliphatic rings. The van der Waals surface area contributed by atoms with E-state index in [4.69, 9.17) is 26.1 Å². The molecule has 0 radical (unpaired) electrons. The first-order valence-electron chi connectivity index (χ1n) is 15.8. The second-order valence-corrected chi connectivity index (χ2v) is 14.9. The van der Waals surface area contributed by atoms with Crippen LogP contribution in [0.2, 0.25) is 5.02 Å². The summed E-state index contributed by atoms with van der Waals surface area (Å²) >= 11 is 6.37. The normalized spacial score (nSPS) is 17.7. The highest BCUT2D eigenvalue weighted by atomic mass is 35.5. The number of fused-ring (bicyclic) bond motifs is 2. The van der Waals surface area contributed by atoms with Crippen molar-refractivity contribution in [3.8, 4) is 0 Å². The Morgan fingerprint density at radius 1 is 1.00 bits per heavy atom. The van der Waals surface area contributed by atoms with E-state index in [9.17, 15) is 14.7 Å². The highest BCUT2D eigenvalue weighted by molar-refractivity contribution is 8.76. The maximum absolute atomic E-state index is 12.8. The Morgan fingerprint density at radius 2 is 1.70 bits per heavy atom. The van der Waals surface area contributed by atoms with Crippen molar-refractivity contribution in [2.75, 3.05) is 44.9 Å². The van der Waals surface area contributed by atoms with E-state index in [-0.39, 0.29) is 18.6 Å². The Kier molecular flexibility index (Phi) is 12.5. The van der Waals surface area contributed by atoms with E-state index in [1.165, 1.54) is 21.6 Å². The van der Waals surface area contributed by atoms with Crippen LogP contribution in [-0.4, -0.2) is 83.0 Å². The van der Waals surface area contributed by atoms with Crippen molar-refractivity contribution in [2.45, 2.75) is 50.7 Å². The van der Waals surface area contributed by atoms with Crippen LogP contribution < -0.4 is 0 Å². The third kappa shape index (κ3) is 8.70. The number of aryl methyl sites for hydroxylation is 2. The lowest BCUT2D eigenvalue weighted by Gasteiger charge is -2.36. The Bertz CT molecular complexity index is 1460. The number of piperidine rings is 1. The zero-order valence-corrected chi connectivity index (χ0v) is 28.7. The Balaban J connectivity index is 0.986. The lowest BCUT2D eigenvalue weighted by molar-refractivity contribution is 0.0533. The Labute approximate surface area is 284 Å². The molecule has 11 heteroatoms. The van der Waals surface area contributed by atoms with Crippen molar-refractivity contribution in [3.05, 3.63) is 99.8 Å². The molecule has 1 N–H and O–H groups in total. The number of hydrogen-bond donors (Lipinski definition) is 1. The van der Waals surface area contributed by atoms with Crippen molar-refractivity contribution in [1.82, 2.24) is 14.8 Å². The number of likely N-dealkylation sites (tertiary alicyclic amines) is 1. The zero-order valence-electron chi connectivity index (χ0n) is 26.3. The molecule has 3 atom stereocenters. The number of carbonyl (C=O) groups excluding carboxylic acids is 2. The van der Waals surface area contributed by atoms with Crippen LogP contribution >= 0.6 is 33.2 Å². The van der Waals surface area contributed by atoms with Gasteiger partial charge < -0.3 is 24.4 Å². The molecule has 1 unspecified atom stereocenters. The number of aliphatic hydroxyl groups excluding tert-OH is 1. The van der Waals surface area contributed by atoms with Gasteiger partial charge in [0.25, 0.3) is 0 Å². The maximum Gasteiger partial charge on any atom is 0.409 e. The van der Waals surface area contributed by atoms with E-state index in [1.807, 2.05) is 53.6 Å². The van der Waals surface area contributed by atoms with Crippen LogP contribution in [-0.2, 0) is 22.3 Å². The number of nitrogens with zero attached hydrogens (tertiary/aromatic N) is 3. The molecule has 2 heterocycles. The van der Waals surface area contributed by atoms with Crippen molar-refractivity contribution in [1.29, 1.82) is 0 Å². The van der Waals surface area contributed by atoms with Crippen molar-refractivity contribution >= 4 is 45.4 Å². The first-order valence-corrected chi connectivity index (χ1v) is 18.7. The minimum absolute atomic E-state index is 0.196. The molecule has 1 saturated heterocycles. The molecule has 3 aromatic rings. The number of pyridine rings is 1. The molecule has 8 nitrogen and oxygen atoms in total. The molecule has 1 aliphatic carbocycles. The summed E-state index contributed by atoms with van der Waals surface area (Å²) in [4.78, 5) is 33.3. The number of carbonyl (C=O) groups is 2. The van der Waals surface area contributed by atoms with Gasteiger partial charge in [-0.2, -0.15) is 0 Å². The molecule has 1 fully saturated rings. The molecular weight excluding hydrogens is 642 g/mol. The standard InChI is InChI=1S/C35H42ClN3O5S2/c1-24(33(40)27-7-4-3-5-8-27)38(2)34(41)43-19-21-45-46-22-20-44-35(42)39-17-14-25(15-18-39)31-30-13-12-29(36)23-28(30)11-10-26-9-6-16-37-32(26)31/h3-9,12-13,16,23-25,31,33,40H,10-11,14-15,17-22H2,1-2H3/t24-,31?,33+/m0/s1. The van der Waals surface area contributed by atoms with Gasteiger partial charge in [0.2, 0.25) is 0 Å². The predicted octanol–water partition coefficient (Wildman–Crippen LogP) is 7.39. The van der Waals surface area contributed by atoms with Gasteiger partial charge in [-0.25, -0.2) is 9.59 Å². The largest absolute Gasteiger partial charge is 0.449 e. The summed E-state index contributed by atoms with van der Waals surface area (Å²) in [6, 6.07) is 19.3. The van der Waals surface area contributed by atoms with Crippen LogP contribution in [0.15, 0.2) is 66.9 Å². The Hall–Kier alpha value is -2.92. The monoisotopic (exact) mass is 683 g/mol. The summed E-state index contributed by atoms with van der Waals surface area (Å²) in [6.07, 6.45) is 4.04. The van der Waals surface area contributed by atoms with Gasteiger partial charge in [-0.15, -0.1) is 0 Å². The highest BCUT2D eigenvalue weighted by Gasteiger charge is 2.35. The summed E-state index contributed by atoms with van der Waals surface area (Å²) in [5, 5.41) is 11.3. The number of aromatic nitrogens is 1. The van der Waals surface area contributed by atoms with E-state index in [1.54, 1.807) is 35.6 Å². The second-order valence-electron chi connectivity index (χ2n) is 11.8. The molecular formula is C35H42ClN3O5S2. The number of rotatable bonds is 11. The molecule has 5 rings (SSSR count). The lowest BCUT2D eigenvalue weighted by atomic mass is 9.76. The minimum Gasteiger partial charge on any atom is -0.449 e. The molecule has 46 heavy (non-hydrogen) atoms. The number of aliphatic hydroxyl groups is 1. The van der Waals surface area contributed by atoms with E-state index in [0.717, 1.165) is 42.0 Å². The fourth-order valence-electron chi connectivity index (χ4n) is 6.29. The number of halogens is 1. The number of amides is 2. The molecule has 246 valence electrons. The fourth-order valence-corrected chi connectivity index (χ4v) is 8.14. The van der Waals surface area contributed by atoms with Crippen LogP contribution in [0.5, 0.6) is 0 Å². The van der Waals surface area contributed by atoms with Crippen LogP contribution in [0, 0.1) is 5.92 Å². The summed E-state index contributed by atoms with van der Waals surface area (Å²) in [6.45, 7) is 3.68. The van der Waals surface area contributed by atoms with Gasteiger partial charge in [0.1, 0.15) is 13.2 Å². The number of benzene rings is 2. The van der Waals surface area contributed by atoms with E-state index in [2.05, 4.69) is 18.2 Å². The van der Waals surface area contributed by atoms with Gasteiger partial charge in [0, 0.05) is 48.8 Å². The van der Waals surface area contributed by atoms with Crippen LogP contribution in [0.25, 0.3) is 0 Å². The molecule has 2 amide bonds. The van der Waals surface area contributed by atoms with Crippen molar-refractivity contribution < 1.29 is 24.2 Å². The Morgan fingerprint density at radius 3 is 2.43 bits per heavy atom. The molecule has 0 saturated carbocycles. The average Bonchev–Trinajstić information content (AvgIpc) is 3.25. The minimum atomic E-state index is -0.799. The third-order valence-corrected chi connectivity index (χ3v) is 11.5. The van der Waals surface area contributed by atoms with Crippen LogP contribution in [0.4, 0.5) is 9.59 Å². The predicted molar refractivity (Wildman–Crippen MR) is 185 cm³/mol. The smallest absolute Gasteiger partial charge is 0.409 e. The fraction of sp³-hybridized carbons (Fsp3) is 0.457. The van der Waals surface area contributed by atoms with Crippen LogP contribution in [0.1, 0.15) is 59.7 Å². The average molecular weight is 684 g/mol. The SMILES string of the molecule is C[C@@H]([C@@H](O)c1ccccc1)N(C)C(=O)OCCSSCCOC(=O)N1CCC(C2c3ccc(Cl)cc3CCc3cccnc32)CC1. The number of ether oxygens (including phenoxy) is 2. The zero-order chi connectivity index (χ0) is 32.5. The molecule has 2 aromatic carbocycles. The summed E-state index contributed by atoms with van der Waals surface area (Å²) in [7, 11) is 4.77. The summed E-state index contributed by atoms with van der Waals surface area (Å²) < 4.78 is 11.0. The highest BCUT2D eigenvalue weighted by Crippen LogP contribution is 2.42. The van der Waals surface area contributed by atoms with Gasteiger partial charge in [-0.1, -0.05) is 75.7 Å². The number of likely N-dealkylation sites (N-methyl/N-ethyl adjacent to an activating group) is 1. The lowest BCUT2D eigenvalue weighted by Crippen LogP contribution is -2.40. The van der Waals surface area contributed by atoms with Gasteiger partial charge in [0.05, 0.1) is 17.8 Å². The second kappa shape index (κ2) is 16.8. The van der Waals surface area contributed by atoms with Crippen molar-refractivity contribution in [2.24, 2.45) is 5.92 Å². The first-order chi connectivity index (χ1) is 22.3. The maximum atomic E-state index is 12.8. The first kappa shape index (κ1) is 34.4. The topological polar surface area (TPSA) is 92.2 Å². The van der Waals surface area contributed by atoms with Gasteiger partial charge in [-0.3, -0.25) is 4.98 Å². The van der Waals surface area contributed by atoms with E-state index in [0.29, 0.717) is 37.1 Å². The molecule has 0 bridgehead atoms. The van der Waals surface area contributed by atoms with Gasteiger partial charge in [-0.05, 0) is 79.0 Å². The summed E-state index contributed by atoms with van der Waals surface area (Å²) in [5.74, 6) is 1.83. The molecule has 0 spiro atoms. The van der Waals surface area contributed by atoms with E-state index >= 15 is 0 Å².